The van der Waals surface area contributed by atoms with Crippen LogP contribution in [-0.4, -0.2) is 29.1 Å². The normalized spacial score (nSPS) is 17.0. The maximum absolute atomic E-state index is 13.7. The summed E-state index contributed by atoms with van der Waals surface area (Å²) in [6.45, 7) is 0.176. The van der Waals surface area contributed by atoms with E-state index in [0.29, 0.717) is 25.3 Å². The number of nitrogens with zero attached hydrogens (tertiary/aromatic N) is 2. The van der Waals surface area contributed by atoms with Crippen molar-refractivity contribution in [2.75, 3.05) is 13.2 Å². The van der Waals surface area contributed by atoms with Gasteiger partial charge in [0.15, 0.2) is 17.5 Å². The predicted molar refractivity (Wildman–Crippen MR) is 66.6 cm³/mol. The molecule has 21 heavy (non-hydrogen) atoms. The molecular weight excluding hydrogens is 285 g/mol. The van der Waals surface area contributed by atoms with Crippen LogP contribution < -0.4 is 0 Å². The molecule has 1 unspecified atom stereocenters. The van der Waals surface area contributed by atoms with Crippen molar-refractivity contribution in [1.29, 1.82) is 5.26 Å². The van der Waals surface area contributed by atoms with Gasteiger partial charge in [-0.2, -0.15) is 5.26 Å². The van der Waals surface area contributed by atoms with E-state index in [1.165, 1.54) is 0 Å². The van der Waals surface area contributed by atoms with Crippen molar-refractivity contribution in [3.8, 4) is 6.07 Å². The summed E-state index contributed by atoms with van der Waals surface area (Å²) in [7, 11) is 0. The lowest BCUT2D eigenvalue weighted by Gasteiger charge is -2.19. The molecule has 1 aliphatic rings. The first-order chi connectivity index (χ1) is 10.0. The van der Waals surface area contributed by atoms with Crippen LogP contribution in [0.4, 0.5) is 13.2 Å². The molecule has 0 saturated carbocycles. The summed E-state index contributed by atoms with van der Waals surface area (Å²) in [5, 5.41) is 17.8. The highest BCUT2D eigenvalue weighted by Gasteiger charge is 2.40. The second-order valence-corrected chi connectivity index (χ2v) is 4.77. The van der Waals surface area contributed by atoms with Gasteiger partial charge in [-0.1, -0.05) is 0 Å². The van der Waals surface area contributed by atoms with Crippen molar-refractivity contribution < 1.29 is 23.1 Å². The number of halogens is 3. The molecule has 1 aliphatic heterocycles. The minimum absolute atomic E-state index is 0.0148. The molecule has 4 nitrogen and oxygen atoms in total. The molecule has 1 aromatic carbocycles. The predicted octanol–water partition coefficient (Wildman–Crippen LogP) is 2.29. The van der Waals surface area contributed by atoms with Crippen LogP contribution in [-0.2, 0) is 0 Å². The van der Waals surface area contributed by atoms with E-state index in [2.05, 4.69) is 0 Å². The number of hydrogen-bond acceptors (Lipinski definition) is 3. The van der Waals surface area contributed by atoms with E-state index in [0.717, 1.165) is 4.90 Å². The van der Waals surface area contributed by atoms with Crippen LogP contribution in [0.2, 0.25) is 0 Å². The van der Waals surface area contributed by atoms with Gasteiger partial charge in [0.1, 0.15) is 6.04 Å². The Morgan fingerprint density at radius 1 is 1.24 bits per heavy atom. The molecule has 1 N–H and O–H groups in total. The molecule has 0 fully saturated rings. The first-order valence-electron chi connectivity index (χ1n) is 6.51. The number of unbranched alkanes of at least 4 members (excludes halogenated alkanes) is 2. The van der Waals surface area contributed by atoms with Gasteiger partial charge in [-0.25, -0.2) is 13.2 Å². The number of carbonyl (C=O) groups excluding carboxylic acids is 1. The van der Waals surface area contributed by atoms with E-state index in [4.69, 9.17) is 10.4 Å². The topological polar surface area (TPSA) is 64.3 Å². The lowest BCUT2D eigenvalue weighted by molar-refractivity contribution is 0.0750. The van der Waals surface area contributed by atoms with Gasteiger partial charge in [-0.15, -0.1) is 0 Å². The monoisotopic (exact) mass is 298 g/mol. The van der Waals surface area contributed by atoms with E-state index < -0.39 is 35.0 Å². The number of aliphatic hydroxyl groups is 1. The highest BCUT2D eigenvalue weighted by atomic mass is 19.2. The smallest absolute Gasteiger partial charge is 0.258 e. The van der Waals surface area contributed by atoms with Crippen LogP contribution in [0.3, 0.4) is 0 Å². The summed E-state index contributed by atoms with van der Waals surface area (Å²) in [4.78, 5) is 13.2. The second-order valence-electron chi connectivity index (χ2n) is 4.77. The molecule has 7 heteroatoms. The van der Waals surface area contributed by atoms with Crippen molar-refractivity contribution in [2.45, 2.75) is 25.3 Å². The third-order valence-electron chi connectivity index (χ3n) is 3.45. The number of aliphatic hydroxyl groups excluding tert-OH is 1. The molecule has 0 saturated heterocycles. The first-order valence-corrected chi connectivity index (χ1v) is 6.51. The maximum Gasteiger partial charge on any atom is 0.258 e. The zero-order valence-electron chi connectivity index (χ0n) is 11.1. The Bertz CT molecular complexity index is 613. The van der Waals surface area contributed by atoms with Gasteiger partial charge >= 0.3 is 0 Å². The van der Waals surface area contributed by atoms with Crippen molar-refractivity contribution in [2.24, 2.45) is 0 Å². The Hall–Kier alpha value is -2.07. The molecule has 1 aromatic rings. The first kappa shape index (κ1) is 15.3. The second kappa shape index (κ2) is 6.14. The lowest BCUT2D eigenvalue weighted by atomic mass is 10.0. The van der Waals surface area contributed by atoms with Gasteiger partial charge in [0.25, 0.3) is 5.91 Å². The van der Waals surface area contributed by atoms with Crippen LogP contribution >= 0.6 is 0 Å². The van der Waals surface area contributed by atoms with Crippen LogP contribution in [0, 0.1) is 28.8 Å². The van der Waals surface area contributed by atoms with Crippen LogP contribution in [0.15, 0.2) is 6.07 Å². The number of rotatable bonds is 5. The average Bonchev–Trinajstić information content (AvgIpc) is 2.73. The summed E-state index contributed by atoms with van der Waals surface area (Å²) >= 11 is 0. The fourth-order valence-electron chi connectivity index (χ4n) is 2.42. The number of fused-ring (bicyclic) bond motifs is 1. The Morgan fingerprint density at radius 3 is 2.57 bits per heavy atom. The molecule has 112 valence electrons. The van der Waals surface area contributed by atoms with Crippen molar-refractivity contribution in [1.82, 2.24) is 4.90 Å². The fourth-order valence-corrected chi connectivity index (χ4v) is 2.42. The Balaban J connectivity index is 2.31. The average molecular weight is 298 g/mol. The van der Waals surface area contributed by atoms with E-state index >= 15 is 0 Å². The highest BCUT2D eigenvalue weighted by Crippen LogP contribution is 2.36. The fraction of sp³-hybridized carbons (Fsp3) is 0.429. The minimum Gasteiger partial charge on any atom is -0.396 e. The standard InChI is InChI=1S/C14H13F3N2O2/c15-9-6-8-10(7-18)19(4-2-1-3-5-20)14(21)11(8)13(17)12(9)16/h6,10,20H,1-5H2. The van der Waals surface area contributed by atoms with E-state index in [1.807, 2.05) is 6.07 Å². The van der Waals surface area contributed by atoms with Crippen molar-refractivity contribution >= 4 is 5.91 Å². The molecule has 2 rings (SSSR count). The Morgan fingerprint density at radius 2 is 1.95 bits per heavy atom. The van der Waals surface area contributed by atoms with Crippen LogP contribution in [0.5, 0.6) is 0 Å². The van der Waals surface area contributed by atoms with Crippen LogP contribution in [0.25, 0.3) is 0 Å². The largest absolute Gasteiger partial charge is 0.396 e. The lowest BCUT2D eigenvalue weighted by Crippen LogP contribution is -2.28. The molecule has 1 amide bonds. The minimum atomic E-state index is -1.71. The Kier molecular flexibility index (Phi) is 4.48. The summed E-state index contributed by atoms with van der Waals surface area (Å²) < 4.78 is 40.2. The van der Waals surface area contributed by atoms with E-state index in [9.17, 15) is 18.0 Å². The molecule has 0 radical (unpaired) electrons. The van der Waals surface area contributed by atoms with Gasteiger partial charge in [-0.05, 0) is 25.3 Å². The summed E-state index contributed by atoms with van der Waals surface area (Å²) in [6.07, 6.45) is 1.68. The summed E-state index contributed by atoms with van der Waals surface area (Å²) in [5.74, 6) is -5.48. The quantitative estimate of drug-likeness (QED) is 0.670. The third-order valence-corrected chi connectivity index (χ3v) is 3.45. The molecule has 1 heterocycles. The van der Waals surface area contributed by atoms with Crippen molar-refractivity contribution in [3.05, 3.63) is 34.6 Å². The van der Waals surface area contributed by atoms with Crippen LogP contribution in [0.1, 0.15) is 41.2 Å². The van der Waals surface area contributed by atoms with Gasteiger partial charge < -0.3 is 10.0 Å². The number of hydrogen-bond donors (Lipinski definition) is 1. The molecule has 0 bridgehead atoms. The van der Waals surface area contributed by atoms with Gasteiger partial charge in [0, 0.05) is 18.7 Å². The number of nitriles is 1. The Labute approximate surface area is 119 Å². The van der Waals surface area contributed by atoms with E-state index in [-0.39, 0.29) is 18.7 Å². The zero-order valence-corrected chi connectivity index (χ0v) is 11.1. The van der Waals surface area contributed by atoms with E-state index in [1.54, 1.807) is 0 Å². The molecule has 0 aliphatic carbocycles. The molecule has 0 spiro atoms. The molecule has 0 aromatic heterocycles. The summed E-state index contributed by atoms with van der Waals surface area (Å²) in [5.41, 5.74) is -0.705. The number of amides is 1. The van der Waals surface area contributed by atoms with Gasteiger partial charge in [0.2, 0.25) is 0 Å². The van der Waals surface area contributed by atoms with Crippen molar-refractivity contribution in [3.63, 3.8) is 0 Å². The maximum atomic E-state index is 13.7. The van der Waals surface area contributed by atoms with Gasteiger partial charge in [0.05, 0.1) is 11.6 Å². The zero-order chi connectivity index (χ0) is 15.6. The number of carbonyl (C=O) groups is 1. The highest BCUT2D eigenvalue weighted by molar-refractivity contribution is 6.00. The SMILES string of the molecule is N#CC1c2cc(F)c(F)c(F)c2C(=O)N1CCCCCO. The van der Waals surface area contributed by atoms with Gasteiger partial charge in [-0.3, -0.25) is 4.79 Å². The number of benzene rings is 1. The molecule has 1 atom stereocenters. The molecular formula is C14H13F3N2O2. The third kappa shape index (κ3) is 2.59. The summed E-state index contributed by atoms with van der Waals surface area (Å²) in [6, 6.07) is 1.40.